The zero-order valence-corrected chi connectivity index (χ0v) is 13.2. The van der Waals surface area contributed by atoms with Gasteiger partial charge in [0.05, 0.1) is 0 Å². The summed E-state index contributed by atoms with van der Waals surface area (Å²) in [5.41, 5.74) is 0.889. The second kappa shape index (κ2) is 7.88. The average molecular weight is 295 g/mol. The van der Waals surface area contributed by atoms with Crippen molar-refractivity contribution in [3.63, 3.8) is 0 Å². The first kappa shape index (κ1) is 16.4. The largest absolute Gasteiger partial charge is 0.314 e. The quantitative estimate of drug-likeness (QED) is 0.802. The third kappa shape index (κ3) is 4.26. The van der Waals surface area contributed by atoms with Gasteiger partial charge in [0.25, 0.3) is 0 Å². The molecule has 118 valence electrons. The van der Waals surface area contributed by atoms with Crippen LogP contribution in [0.1, 0.15) is 51.5 Å². The molecule has 21 heavy (non-hydrogen) atoms. The van der Waals surface area contributed by atoms with Crippen molar-refractivity contribution in [3.05, 3.63) is 35.4 Å². The molecule has 2 rings (SSSR count). The van der Waals surface area contributed by atoms with Gasteiger partial charge in [-0.3, -0.25) is 0 Å². The lowest BCUT2D eigenvalue weighted by molar-refractivity contribution is 0.175. The van der Waals surface area contributed by atoms with E-state index in [4.69, 9.17) is 0 Å². The summed E-state index contributed by atoms with van der Waals surface area (Å²) in [6.07, 6.45) is 7.18. The highest BCUT2D eigenvalue weighted by molar-refractivity contribution is 5.19. The number of hydrogen-bond acceptors (Lipinski definition) is 1. The minimum Gasteiger partial charge on any atom is -0.314 e. The molecule has 1 N–H and O–H groups in total. The van der Waals surface area contributed by atoms with Crippen LogP contribution in [0.2, 0.25) is 0 Å². The molecule has 0 bridgehead atoms. The molecule has 0 amide bonds. The first-order chi connectivity index (χ1) is 10.2. The van der Waals surface area contributed by atoms with E-state index in [1.54, 1.807) is 6.07 Å². The molecule has 0 spiro atoms. The standard InChI is InChI=1S/C18H27F2N/c1-3-14-7-5-6-8-15(14)18(21-4-2)12-13-9-10-16(19)17(20)11-13/h9-11,14-15,18,21H,3-8,12H2,1-2H3. The van der Waals surface area contributed by atoms with Crippen LogP contribution in [-0.4, -0.2) is 12.6 Å². The summed E-state index contributed by atoms with van der Waals surface area (Å²) in [7, 11) is 0. The van der Waals surface area contributed by atoms with Crippen LogP contribution < -0.4 is 5.32 Å². The Morgan fingerprint density at radius 1 is 1.14 bits per heavy atom. The fraction of sp³-hybridized carbons (Fsp3) is 0.667. The minimum absolute atomic E-state index is 0.366. The monoisotopic (exact) mass is 295 g/mol. The summed E-state index contributed by atoms with van der Waals surface area (Å²) in [5, 5.41) is 3.58. The maximum absolute atomic E-state index is 13.4. The summed E-state index contributed by atoms with van der Waals surface area (Å²) in [4.78, 5) is 0. The lowest BCUT2D eigenvalue weighted by Crippen LogP contribution is -2.42. The van der Waals surface area contributed by atoms with Crippen molar-refractivity contribution in [3.8, 4) is 0 Å². The molecule has 1 saturated carbocycles. The smallest absolute Gasteiger partial charge is 0.159 e. The highest BCUT2D eigenvalue weighted by Crippen LogP contribution is 2.35. The molecule has 1 aromatic carbocycles. The van der Waals surface area contributed by atoms with E-state index < -0.39 is 11.6 Å². The van der Waals surface area contributed by atoms with Crippen molar-refractivity contribution in [1.82, 2.24) is 5.32 Å². The van der Waals surface area contributed by atoms with Crippen LogP contribution in [0, 0.1) is 23.5 Å². The maximum atomic E-state index is 13.4. The van der Waals surface area contributed by atoms with E-state index in [0.717, 1.165) is 24.4 Å². The molecule has 0 heterocycles. The Morgan fingerprint density at radius 2 is 1.90 bits per heavy atom. The Balaban J connectivity index is 2.11. The van der Waals surface area contributed by atoms with E-state index in [1.807, 2.05) is 0 Å². The molecule has 0 aliphatic heterocycles. The molecule has 1 aliphatic carbocycles. The molecule has 1 fully saturated rings. The Kier molecular flexibility index (Phi) is 6.16. The van der Waals surface area contributed by atoms with Gasteiger partial charge in [-0.2, -0.15) is 0 Å². The predicted molar refractivity (Wildman–Crippen MR) is 83.3 cm³/mol. The molecular formula is C18H27F2N. The molecule has 0 aromatic heterocycles. The van der Waals surface area contributed by atoms with Gasteiger partial charge in [-0.1, -0.05) is 45.6 Å². The summed E-state index contributed by atoms with van der Waals surface area (Å²) in [5.74, 6) is -0.0915. The van der Waals surface area contributed by atoms with Crippen LogP contribution in [0.5, 0.6) is 0 Å². The molecule has 3 unspecified atom stereocenters. The van der Waals surface area contributed by atoms with Crippen LogP contribution >= 0.6 is 0 Å². The fourth-order valence-corrected chi connectivity index (χ4v) is 3.83. The topological polar surface area (TPSA) is 12.0 Å². The molecule has 3 heteroatoms. The third-order valence-corrected chi connectivity index (χ3v) is 4.92. The molecule has 0 radical (unpaired) electrons. The molecule has 1 aliphatic rings. The van der Waals surface area contributed by atoms with Crippen LogP contribution in [-0.2, 0) is 6.42 Å². The van der Waals surface area contributed by atoms with Crippen LogP contribution in [0.3, 0.4) is 0 Å². The zero-order valence-electron chi connectivity index (χ0n) is 13.2. The summed E-state index contributed by atoms with van der Waals surface area (Å²) < 4.78 is 26.5. The SMILES string of the molecule is CCNC(Cc1ccc(F)c(F)c1)C1CCCCC1CC. The minimum atomic E-state index is -0.761. The van der Waals surface area contributed by atoms with Crippen LogP contribution in [0.25, 0.3) is 0 Å². The second-order valence-electron chi connectivity index (χ2n) is 6.23. The Bertz CT molecular complexity index is 447. The van der Waals surface area contributed by atoms with Crippen molar-refractivity contribution >= 4 is 0 Å². The number of rotatable bonds is 6. The van der Waals surface area contributed by atoms with Crippen LogP contribution in [0.4, 0.5) is 8.78 Å². The maximum Gasteiger partial charge on any atom is 0.159 e. The van der Waals surface area contributed by atoms with Crippen LogP contribution in [0.15, 0.2) is 18.2 Å². The molecule has 0 saturated heterocycles. The number of nitrogens with one attached hydrogen (secondary N) is 1. The van der Waals surface area contributed by atoms with Gasteiger partial charge >= 0.3 is 0 Å². The highest BCUT2D eigenvalue weighted by Gasteiger charge is 2.30. The van der Waals surface area contributed by atoms with Crippen molar-refractivity contribution in [1.29, 1.82) is 0 Å². The number of hydrogen-bond donors (Lipinski definition) is 1. The van der Waals surface area contributed by atoms with E-state index in [0.29, 0.717) is 12.0 Å². The van der Waals surface area contributed by atoms with Gasteiger partial charge in [0.2, 0.25) is 0 Å². The van der Waals surface area contributed by atoms with Gasteiger partial charge in [-0.25, -0.2) is 8.78 Å². The van der Waals surface area contributed by atoms with Gasteiger partial charge in [0.1, 0.15) is 0 Å². The van der Waals surface area contributed by atoms with Gasteiger partial charge in [-0.05, 0) is 48.9 Å². The lowest BCUT2D eigenvalue weighted by atomic mass is 9.72. The Hall–Kier alpha value is -0.960. The number of benzene rings is 1. The highest BCUT2D eigenvalue weighted by atomic mass is 19.2. The van der Waals surface area contributed by atoms with E-state index in [9.17, 15) is 8.78 Å². The normalized spacial score (nSPS) is 24.0. The number of likely N-dealkylation sites (N-methyl/N-ethyl adjacent to an activating group) is 1. The molecule has 1 nitrogen and oxygen atoms in total. The molecule has 3 atom stereocenters. The van der Waals surface area contributed by atoms with E-state index in [-0.39, 0.29) is 0 Å². The van der Waals surface area contributed by atoms with Crippen molar-refractivity contribution < 1.29 is 8.78 Å². The van der Waals surface area contributed by atoms with Gasteiger partial charge in [0, 0.05) is 6.04 Å². The lowest BCUT2D eigenvalue weighted by Gasteiger charge is -2.37. The molecular weight excluding hydrogens is 268 g/mol. The summed E-state index contributed by atoms with van der Waals surface area (Å²) >= 11 is 0. The predicted octanol–water partition coefficient (Wildman–Crippen LogP) is 4.70. The summed E-state index contributed by atoms with van der Waals surface area (Å²) in [6.45, 7) is 5.30. The zero-order chi connectivity index (χ0) is 15.2. The van der Waals surface area contributed by atoms with Gasteiger partial charge in [-0.15, -0.1) is 0 Å². The first-order valence-corrected chi connectivity index (χ1v) is 8.33. The van der Waals surface area contributed by atoms with E-state index >= 15 is 0 Å². The van der Waals surface area contributed by atoms with Gasteiger partial charge < -0.3 is 5.32 Å². The summed E-state index contributed by atoms with van der Waals surface area (Å²) in [6, 6.07) is 4.67. The Morgan fingerprint density at radius 3 is 2.57 bits per heavy atom. The fourth-order valence-electron chi connectivity index (χ4n) is 3.83. The number of halogens is 2. The first-order valence-electron chi connectivity index (χ1n) is 8.33. The van der Waals surface area contributed by atoms with Gasteiger partial charge in [0.15, 0.2) is 11.6 Å². The third-order valence-electron chi connectivity index (χ3n) is 4.92. The van der Waals surface area contributed by atoms with E-state index in [1.165, 1.54) is 44.2 Å². The van der Waals surface area contributed by atoms with Crippen molar-refractivity contribution in [2.24, 2.45) is 11.8 Å². The van der Waals surface area contributed by atoms with Crippen molar-refractivity contribution in [2.45, 2.75) is 58.4 Å². The molecule has 1 aromatic rings. The second-order valence-corrected chi connectivity index (χ2v) is 6.23. The van der Waals surface area contributed by atoms with Crippen molar-refractivity contribution in [2.75, 3.05) is 6.54 Å². The Labute approximate surface area is 127 Å². The van der Waals surface area contributed by atoms with E-state index in [2.05, 4.69) is 19.2 Å². The average Bonchev–Trinajstić information content (AvgIpc) is 2.50.